The summed E-state index contributed by atoms with van der Waals surface area (Å²) in [5.41, 5.74) is 0.798. The molecule has 1 saturated carbocycles. The van der Waals surface area contributed by atoms with Gasteiger partial charge in [0.15, 0.2) is 0 Å². The van der Waals surface area contributed by atoms with Gasteiger partial charge in [0.05, 0.1) is 18.4 Å². The number of aromatic nitrogens is 4. The molecule has 26 heavy (non-hydrogen) atoms. The maximum atomic E-state index is 5.80. The largest absolute Gasteiger partial charge is 0.496 e. The first-order valence-electron chi connectivity index (χ1n) is 8.75. The van der Waals surface area contributed by atoms with E-state index < -0.39 is 0 Å². The Hall–Kier alpha value is -2.35. The average molecular weight is 372 g/mol. The fourth-order valence-corrected chi connectivity index (χ4v) is 3.78. The van der Waals surface area contributed by atoms with E-state index in [0.29, 0.717) is 34.4 Å². The summed E-state index contributed by atoms with van der Waals surface area (Å²) < 4.78 is 16.5. The van der Waals surface area contributed by atoms with Crippen molar-refractivity contribution in [2.24, 2.45) is 0 Å². The van der Waals surface area contributed by atoms with E-state index in [4.69, 9.17) is 13.7 Å². The van der Waals surface area contributed by atoms with E-state index in [-0.39, 0.29) is 0 Å². The van der Waals surface area contributed by atoms with Gasteiger partial charge in [0.1, 0.15) is 5.75 Å². The predicted octanol–water partition coefficient (Wildman–Crippen LogP) is 4.47. The van der Waals surface area contributed by atoms with Crippen LogP contribution < -0.4 is 4.74 Å². The summed E-state index contributed by atoms with van der Waals surface area (Å²) in [5.74, 6) is 3.37. The van der Waals surface area contributed by atoms with Gasteiger partial charge in [-0.2, -0.15) is 4.98 Å². The van der Waals surface area contributed by atoms with Crippen LogP contribution in [0.5, 0.6) is 5.75 Å². The van der Waals surface area contributed by atoms with Crippen molar-refractivity contribution in [3.8, 4) is 17.1 Å². The molecule has 0 spiro atoms. The Morgan fingerprint density at radius 2 is 2.00 bits per heavy atom. The van der Waals surface area contributed by atoms with E-state index in [1.54, 1.807) is 7.11 Å². The Morgan fingerprint density at radius 3 is 2.85 bits per heavy atom. The van der Waals surface area contributed by atoms with Crippen LogP contribution in [0.25, 0.3) is 11.4 Å². The first-order valence-corrected chi connectivity index (χ1v) is 9.74. The van der Waals surface area contributed by atoms with Gasteiger partial charge >= 0.3 is 0 Å². The smallest absolute Gasteiger partial charge is 0.277 e. The van der Waals surface area contributed by atoms with Crippen LogP contribution in [0, 0.1) is 0 Å². The van der Waals surface area contributed by atoms with Gasteiger partial charge in [-0.25, -0.2) is 0 Å². The molecule has 2 heterocycles. The maximum Gasteiger partial charge on any atom is 0.277 e. The predicted molar refractivity (Wildman–Crippen MR) is 96.0 cm³/mol. The molecule has 0 unspecified atom stereocenters. The van der Waals surface area contributed by atoms with Crippen LogP contribution in [-0.4, -0.2) is 27.4 Å². The number of hydrogen-bond acceptors (Lipinski definition) is 8. The zero-order valence-electron chi connectivity index (χ0n) is 14.6. The van der Waals surface area contributed by atoms with E-state index in [9.17, 15) is 0 Å². The second-order valence-corrected chi connectivity index (χ2v) is 7.17. The minimum absolute atomic E-state index is 0.408. The molecule has 8 heteroatoms. The first kappa shape index (κ1) is 17.1. The molecule has 0 aliphatic heterocycles. The van der Waals surface area contributed by atoms with Crippen LogP contribution in [0.15, 0.2) is 38.4 Å². The lowest BCUT2D eigenvalue weighted by Crippen LogP contribution is -2.04. The SMILES string of the molecule is COc1ccccc1-c1noc(CSc2nnc(C3CCCCC3)o2)n1. The summed E-state index contributed by atoms with van der Waals surface area (Å²) in [5, 5.41) is 12.9. The number of ether oxygens (including phenoxy) is 1. The molecular formula is C18H20N4O3S. The Morgan fingerprint density at radius 1 is 1.15 bits per heavy atom. The molecule has 1 aromatic carbocycles. The fraction of sp³-hybridized carbons (Fsp3) is 0.444. The highest BCUT2D eigenvalue weighted by Gasteiger charge is 2.22. The molecule has 4 rings (SSSR count). The monoisotopic (exact) mass is 372 g/mol. The zero-order chi connectivity index (χ0) is 17.8. The Labute approximate surface area is 155 Å². The maximum absolute atomic E-state index is 5.80. The molecule has 7 nitrogen and oxygen atoms in total. The Bertz CT molecular complexity index is 858. The summed E-state index contributed by atoms with van der Waals surface area (Å²) in [4.78, 5) is 4.43. The fourth-order valence-electron chi connectivity index (χ4n) is 3.17. The molecule has 2 aromatic heterocycles. The van der Waals surface area contributed by atoms with Gasteiger partial charge in [-0.1, -0.05) is 48.3 Å². The number of para-hydroxylation sites is 1. The van der Waals surface area contributed by atoms with E-state index in [1.165, 1.54) is 31.0 Å². The van der Waals surface area contributed by atoms with Gasteiger partial charge in [0, 0.05) is 5.92 Å². The van der Waals surface area contributed by atoms with Gasteiger partial charge in [-0.15, -0.1) is 10.2 Å². The molecular weight excluding hydrogens is 352 g/mol. The summed E-state index contributed by atoms with van der Waals surface area (Å²) in [7, 11) is 1.62. The van der Waals surface area contributed by atoms with Gasteiger partial charge in [-0.05, 0) is 25.0 Å². The highest BCUT2D eigenvalue weighted by Crippen LogP contribution is 2.33. The lowest BCUT2D eigenvalue weighted by molar-refractivity contribution is 0.334. The van der Waals surface area contributed by atoms with E-state index in [2.05, 4.69) is 20.3 Å². The molecule has 1 aliphatic carbocycles. The van der Waals surface area contributed by atoms with E-state index >= 15 is 0 Å². The van der Waals surface area contributed by atoms with E-state index in [1.807, 2.05) is 24.3 Å². The van der Waals surface area contributed by atoms with Gasteiger partial charge < -0.3 is 13.7 Å². The van der Waals surface area contributed by atoms with Crippen LogP contribution in [0.2, 0.25) is 0 Å². The third kappa shape index (κ3) is 3.75. The number of benzene rings is 1. The molecule has 0 saturated heterocycles. The molecule has 1 fully saturated rings. The molecule has 0 amide bonds. The Kier molecular flexibility index (Phi) is 5.19. The first-order chi connectivity index (χ1) is 12.8. The Balaban J connectivity index is 1.40. The highest BCUT2D eigenvalue weighted by atomic mass is 32.2. The minimum Gasteiger partial charge on any atom is -0.496 e. The lowest BCUT2D eigenvalue weighted by Gasteiger charge is -2.17. The zero-order valence-corrected chi connectivity index (χ0v) is 15.4. The van der Waals surface area contributed by atoms with Gasteiger partial charge in [0.25, 0.3) is 5.22 Å². The van der Waals surface area contributed by atoms with Crippen molar-refractivity contribution in [2.75, 3.05) is 7.11 Å². The van der Waals surface area contributed by atoms with Crippen molar-refractivity contribution in [1.82, 2.24) is 20.3 Å². The summed E-state index contributed by atoms with van der Waals surface area (Å²) in [6.07, 6.45) is 6.06. The normalized spacial score (nSPS) is 15.3. The van der Waals surface area contributed by atoms with Crippen LogP contribution >= 0.6 is 11.8 Å². The van der Waals surface area contributed by atoms with Crippen LogP contribution in [-0.2, 0) is 5.75 Å². The summed E-state index contributed by atoms with van der Waals surface area (Å²) >= 11 is 1.41. The van der Waals surface area contributed by atoms with Crippen molar-refractivity contribution in [3.05, 3.63) is 36.0 Å². The van der Waals surface area contributed by atoms with Crippen molar-refractivity contribution < 1.29 is 13.7 Å². The average Bonchev–Trinajstić information content (AvgIpc) is 3.36. The molecule has 0 bridgehead atoms. The van der Waals surface area contributed by atoms with Crippen molar-refractivity contribution in [2.45, 2.75) is 49.0 Å². The molecule has 1 aliphatic rings. The number of nitrogens with zero attached hydrogens (tertiary/aromatic N) is 4. The van der Waals surface area contributed by atoms with Gasteiger partial charge in [-0.3, -0.25) is 0 Å². The quantitative estimate of drug-likeness (QED) is 0.586. The number of hydrogen-bond donors (Lipinski definition) is 0. The topological polar surface area (TPSA) is 87.1 Å². The molecule has 3 aromatic rings. The third-order valence-electron chi connectivity index (χ3n) is 4.51. The second kappa shape index (κ2) is 7.90. The lowest BCUT2D eigenvalue weighted by atomic mass is 9.89. The third-order valence-corrected chi connectivity index (χ3v) is 5.31. The number of rotatable bonds is 6. The molecule has 0 radical (unpaired) electrons. The standard InChI is InChI=1S/C18H20N4O3S/c1-23-14-10-6-5-9-13(14)16-19-15(25-22-16)11-26-18-21-20-17(24-18)12-7-3-2-4-8-12/h5-6,9-10,12H,2-4,7-8,11H2,1H3. The number of methoxy groups -OCH3 is 1. The van der Waals surface area contributed by atoms with Crippen molar-refractivity contribution in [3.63, 3.8) is 0 Å². The summed E-state index contributed by atoms with van der Waals surface area (Å²) in [6, 6.07) is 7.58. The van der Waals surface area contributed by atoms with Crippen LogP contribution in [0.4, 0.5) is 0 Å². The van der Waals surface area contributed by atoms with Crippen molar-refractivity contribution in [1.29, 1.82) is 0 Å². The number of thioether (sulfide) groups is 1. The minimum atomic E-state index is 0.408. The van der Waals surface area contributed by atoms with Crippen LogP contribution in [0.3, 0.4) is 0 Å². The van der Waals surface area contributed by atoms with E-state index in [0.717, 1.165) is 24.3 Å². The molecule has 0 atom stereocenters. The van der Waals surface area contributed by atoms with Gasteiger partial charge in [0.2, 0.25) is 17.6 Å². The summed E-state index contributed by atoms with van der Waals surface area (Å²) in [6.45, 7) is 0. The molecule has 136 valence electrons. The molecule has 0 N–H and O–H groups in total. The van der Waals surface area contributed by atoms with Crippen molar-refractivity contribution >= 4 is 11.8 Å². The van der Waals surface area contributed by atoms with Crippen LogP contribution in [0.1, 0.15) is 49.8 Å². The second-order valence-electron chi connectivity index (χ2n) is 6.24. The highest BCUT2D eigenvalue weighted by molar-refractivity contribution is 7.98.